The first kappa shape index (κ1) is 13.5. The average Bonchev–Trinajstić information content (AvgIpc) is 2.46. The van der Waals surface area contributed by atoms with E-state index in [1.807, 2.05) is 0 Å². The van der Waals surface area contributed by atoms with Gasteiger partial charge < -0.3 is 16.4 Å². The number of pyridine rings is 1. The molecule has 0 saturated carbocycles. The van der Waals surface area contributed by atoms with E-state index in [2.05, 4.69) is 4.98 Å². The lowest BCUT2D eigenvalue weighted by Gasteiger charge is -2.30. The second-order valence-corrected chi connectivity index (χ2v) is 4.71. The van der Waals surface area contributed by atoms with Crippen LogP contribution < -0.4 is 11.5 Å². The Kier molecular flexibility index (Phi) is 4.11. The predicted octanol–water partition coefficient (Wildman–Crippen LogP) is -0.122. The molecule has 0 unspecified atom stereocenters. The molecule has 2 rings (SSSR count). The highest BCUT2D eigenvalue weighted by Gasteiger charge is 2.26. The smallest absolute Gasteiger partial charge is 0.253 e. The van der Waals surface area contributed by atoms with E-state index in [0.29, 0.717) is 43.7 Å². The van der Waals surface area contributed by atoms with Crippen LogP contribution in [0.1, 0.15) is 28.9 Å². The SMILES string of the molecule is NCc1cc(C(=O)N2CCC(C(N)=O)CC2)ccn1. The third kappa shape index (κ3) is 3.08. The van der Waals surface area contributed by atoms with E-state index in [9.17, 15) is 9.59 Å². The minimum absolute atomic E-state index is 0.0416. The monoisotopic (exact) mass is 262 g/mol. The third-order valence-electron chi connectivity index (χ3n) is 3.46. The molecule has 0 aromatic carbocycles. The standard InChI is InChI=1S/C13H18N4O2/c14-8-11-7-10(1-4-16-11)13(19)17-5-2-9(3-6-17)12(15)18/h1,4,7,9H,2-3,5-6,8,14H2,(H2,15,18). The van der Waals surface area contributed by atoms with Crippen molar-refractivity contribution in [1.82, 2.24) is 9.88 Å². The quantitative estimate of drug-likeness (QED) is 0.792. The van der Waals surface area contributed by atoms with Gasteiger partial charge in [-0.05, 0) is 25.0 Å². The highest BCUT2D eigenvalue weighted by molar-refractivity contribution is 5.94. The summed E-state index contributed by atoms with van der Waals surface area (Å²) >= 11 is 0. The molecular weight excluding hydrogens is 244 g/mol. The zero-order chi connectivity index (χ0) is 13.8. The van der Waals surface area contributed by atoms with Crippen LogP contribution in [0.5, 0.6) is 0 Å². The number of primary amides is 1. The summed E-state index contributed by atoms with van der Waals surface area (Å²) in [6.45, 7) is 1.43. The molecule has 1 aliphatic rings. The molecule has 19 heavy (non-hydrogen) atoms. The molecule has 1 aromatic rings. The molecule has 0 bridgehead atoms. The molecule has 102 valence electrons. The van der Waals surface area contributed by atoms with Crippen LogP contribution in [0.15, 0.2) is 18.3 Å². The van der Waals surface area contributed by atoms with Crippen LogP contribution in [0, 0.1) is 5.92 Å². The Balaban J connectivity index is 2.02. The number of rotatable bonds is 3. The van der Waals surface area contributed by atoms with Crippen LogP contribution in [0.4, 0.5) is 0 Å². The number of nitrogens with two attached hydrogens (primary N) is 2. The van der Waals surface area contributed by atoms with Crippen molar-refractivity contribution in [2.24, 2.45) is 17.4 Å². The van der Waals surface area contributed by atoms with Gasteiger partial charge in [0.25, 0.3) is 5.91 Å². The van der Waals surface area contributed by atoms with Gasteiger partial charge in [0, 0.05) is 37.3 Å². The van der Waals surface area contributed by atoms with Gasteiger partial charge in [0.2, 0.25) is 5.91 Å². The van der Waals surface area contributed by atoms with Crippen molar-refractivity contribution < 1.29 is 9.59 Å². The second-order valence-electron chi connectivity index (χ2n) is 4.71. The summed E-state index contributed by atoms with van der Waals surface area (Å²) in [4.78, 5) is 29.2. The molecule has 6 nitrogen and oxygen atoms in total. The van der Waals surface area contributed by atoms with Gasteiger partial charge in [-0.15, -0.1) is 0 Å². The van der Waals surface area contributed by atoms with E-state index in [1.54, 1.807) is 23.2 Å². The van der Waals surface area contributed by atoms with Gasteiger partial charge in [-0.3, -0.25) is 14.6 Å². The maximum atomic E-state index is 12.3. The molecule has 2 amide bonds. The first-order chi connectivity index (χ1) is 9.11. The zero-order valence-corrected chi connectivity index (χ0v) is 10.7. The van der Waals surface area contributed by atoms with Crippen LogP contribution in [0.2, 0.25) is 0 Å². The number of carbonyl (C=O) groups is 2. The van der Waals surface area contributed by atoms with Gasteiger partial charge in [0.05, 0.1) is 5.69 Å². The largest absolute Gasteiger partial charge is 0.369 e. The molecule has 1 aromatic heterocycles. The Labute approximate surface area is 111 Å². The topological polar surface area (TPSA) is 102 Å². The lowest BCUT2D eigenvalue weighted by molar-refractivity contribution is -0.123. The molecule has 4 N–H and O–H groups in total. The molecule has 0 radical (unpaired) electrons. The van der Waals surface area contributed by atoms with E-state index in [-0.39, 0.29) is 17.7 Å². The van der Waals surface area contributed by atoms with Crippen molar-refractivity contribution in [2.45, 2.75) is 19.4 Å². The number of amides is 2. The van der Waals surface area contributed by atoms with Crippen LogP contribution >= 0.6 is 0 Å². The Morgan fingerprint density at radius 2 is 2.05 bits per heavy atom. The van der Waals surface area contributed by atoms with E-state index in [1.165, 1.54) is 0 Å². The summed E-state index contributed by atoms with van der Waals surface area (Å²) in [6.07, 6.45) is 2.86. The number of hydrogen-bond donors (Lipinski definition) is 2. The van der Waals surface area contributed by atoms with Crippen LogP contribution in [-0.2, 0) is 11.3 Å². The van der Waals surface area contributed by atoms with Crippen molar-refractivity contribution in [2.75, 3.05) is 13.1 Å². The highest BCUT2D eigenvalue weighted by atomic mass is 16.2. The van der Waals surface area contributed by atoms with Crippen molar-refractivity contribution in [3.8, 4) is 0 Å². The minimum Gasteiger partial charge on any atom is -0.369 e. The Morgan fingerprint density at radius 1 is 1.37 bits per heavy atom. The van der Waals surface area contributed by atoms with Crippen LogP contribution in [0.25, 0.3) is 0 Å². The normalized spacial score (nSPS) is 16.4. The van der Waals surface area contributed by atoms with Gasteiger partial charge in [0.1, 0.15) is 0 Å². The number of nitrogens with zero attached hydrogens (tertiary/aromatic N) is 2. The zero-order valence-electron chi connectivity index (χ0n) is 10.7. The lowest BCUT2D eigenvalue weighted by atomic mass is 9.96. The summed E-state index contributed by atoms with van der Waals surface area (Å²) in [5.41, 5.74) is 12.1. The van der Waals surface area contributed by atoms with E-state index < -0.39 is 0 Å². The molecule has 0 atom stereocenters. The van der Waals surface area contributed by atoms with Gasteiger partial charge in [-0.1, -0.05) is 0 Å². The van der Waals surface area contributed by atoms with Gasteiger partial charge >= 0.3 is 0 Å². The van der Waals surface area contributed by atoms with Gasteiger partial charge in [-0.2, -0.15) is 0 Å². The lowest BCUT2D eigenvalue weighted by Crippen LogP contribution is -2.41. The molecular formula is C13H18N4O2. The van der Waals surface area contributed by atoms with Crippen LogP contribution in [-0.4, -0.2) is 34.8 Å². The number of aromatic nitrogens is 1. The van der Waals surface area contributed by atoms with Crippen molar-refractivity contribution in [3.05, 3.63) is 29.6 Å². The molecule has 1 aliphatic heterocycles. The minimum atomic E-state index is -0.276. The van der Waals surface area contributed by atoms with Crippen LogP contribution in [0.3, 0.4) is 0 Å². The van der Waals surface area contributed by atoms with E-state index >= 15 is 0 Å². The number of hydrogen-bond acceptors (Lipinski definition) is 4. The van der Waals surface area contributed by atoms with E-state index in [0.717, 1.165) is 0 Å². The van der Waals surface area contributed by atoms with E-state index in [4.69, 9.17) is 11.5 Å². The first-order valence-electron chi connectivity index (χ1n) is 6.35. The summed E-state index contributed by atoms with van der Waals surface area (Å²) in [6, 6.07) is 3.39. The second kappa shape index (κ2) is 5.79. The Morgan fingerprint density at radius 3 is 2.63 bits per heavy atom. The van der Waals surface area contributed by atoms with Crippen molar-refractivity contribution >= 4 is 11.8 Å². The highest BCUT2D eigenvalue weighted by Crippen LogP contribution is 2.18. The van der Waals surface area contributed by atoms with Crippen molar-refractivity contribution in [1.29, 1.82) is 0 Å². The molecule has 0 aliphatic carbocycles. The summed E-state index contributed by atoms with van der Waals surface area (Å²) in [5, 5.41) is 0. The molecule has 6 heteroatoms. The fourth-order valence-electron chi connectivity index (χ4n) is 2.27. The first-order valence-corrected chi connectivity index (χ1v) is 6.35. The fourth-order valence-corrected chi connectivity index (χ4v) is 2.27. The summed E-state index contributed by atoms with van der Waals surface area (Å²) < 4.78 is 0. The van der Waals surface area contributed by atoms with Gasteiger partial charge in [0.15, 0.2) is 0 Å². The van der Waals surface area contributed by atoms with Crippen molar-refractivity contribution in [3.63, 3.8) is 0 Å². The molecule has 2 heterocycles. The Bertz CT molecular complexity index is 481. The molecule has 1 saturated heterocycles. The number of piperidine rings is 1. The fraction of sp³-hybridized carbons (Fsp3) is 0.462. The number of carbonyl (C=O) groups excluding carboxylic acids is 2. The molecule has 1 fully saturated rings. The summed E-state index contributed by atoms with van der Waals surface area (Å²) in [5.74, 6) is -0.428. The number of likely N-dealkylation sites (tertiary alicyclic amines) is 1. The average molecular weight is 262 g/mol. The summed E-state index contributed by atoms with van der Waals surface area (Å²) in [7, 11) is 0. The Hall–Kier alpha value is -1.95. The van der Waals surface area contributed by atoms with Gasteiger partial charge in [-0.25, -0.2) is 0 Å². The maximum Gasteiger partial charge on any atom is 0.253 e. The third-order valence-corrected chi connectivity index (χ3v) is 3.46. The molecule has 0 spiro atoms. The predicted molar refractivity (Wildman–Crippen MR) is 70.0 cm³/mol. The maximum absolute atomic E-state index is 12.3.